The standard InChI is InChI=1S/C18H17ClN4O2/c19-17-14(7-3-10-21-17)23-18(24)22-11-4-12-25-15-8-1-5-13-6-2-9-20-16(13)15/h1-3,5-10H,4,11-12H2,(H2,22,23,24). The largest absolute Gasteiger partial charge is 0.491 e. The molecule has 0 spiro atoms. The monoisotopic (exact) mass is 356 g/mol. The van der Waals surface area contributed by atoms with Crippen molar-refractivity contribution in [2.24, 2.45) is 0 Å². The summed E-state index contributed by atoms with van der Waals surface area (Å²) in [4.78, 5) is 20.1. The topological polar surface area (TPSA) is 76.1 Å². The summed E-state index contributed by atoms with van der Waals surface area (Å²) in [5, 5.41) is 6.68. The van der Waals surface area contributed by atoms with Gasteiger partial charge in [-0.05, 0) is 30.7 Å². The summed E-state index contributed by atoms with van der Waals surface area (Å²) >= 11 is 5.89. The van der Waals surface area contributed by atoms with E-state index in [2.05, 4.69) is 20.6 Å². The molecular weight excluding hydrogens is 340 g/mol. The molecular formula is C18H17ClN4O2. The molecule has 25 heavy (non-hydrogen) atoms. The summed E-state index contributed by atoms with van der Waals surface area (Å²) < 4.78 is 5.77. The number of para-hydroxylation sites is 1. The van der Waals surface area contributed by atoms with Crippen LogP contribution in [0.15, 0.2) is 54.9 Å². The van der Waals surface area contributed by atoms with Crippen LogP contribution >= 0.6 is 11.6 Å². The van der Waals surface area contributed by atoms with Gasteiger partial charge in [0.15, 0.2) is 5.15 Å². The molecule has 128 valence electrons. The van der Waals surface area contributed by atoms with Crippen LogP contribution in [-0.2, 0) is 0 Å². The lowest BCUT2D eigenvalue weighted by Gasteiger charge is -2.10. The van der Waals surface area contributed by atoms with Crippen molar-refractivity contribution in [2.75, 3.05) is 18.5 Å². The van der Waals surface area contributed by atoms with Crippen LogP contribution in [0.1, 0.15) is 6.42 Å². The SMILES string of the molecule is O=C(NCCCOc1cccc2cccnc12)Nc1cccnc1Cl. The van der Waals surface area contributed by atoms with Gasteiger partial charge in [0.1, 0.15) is 11.3 Å². The molecule has 0 atom stereocenters. The summed E-state index contributed by atoms with van der Waals surface area (Å²) in [7, 11) is 0. The molecule has 0 aliphatic heterocycles. The van der Waals surface area contributed by atoms with Crippen molar-refractivity contribution in [2.45, 2.75) is 6.42 Å². The van der Waals surface area contributed by atoms with Crippen LogP contribution in [0.3, 0.4) is 0 Å². The first kappa shape index (κ1) is 17.0. The highest BCUT2D eigenvalue weighted by Crippen LogP contribution is 2.22. The van der Waals surface area contributed by atoms with E-state index in [0.717, 1.165) is 16.7 Å². The molecule has 1 aromatic carbocycles. The van der Waals surface area contributed by atoms with Gasteiger partial charge in [0, 0.05) is 24.3 Å². The lowest BCUT2D eigenvalue weighted by molar-refractivity contribution is 0.250. The predicted molar refractivity (Wildman–Crippen MR) is 98.1 cm³/mol. The van der Waals surface area contributed by atoms with Gasteiger partial charge in [0.25, 0.3) is 0 Å². The van der Waals surface area contributed by atoms with E-state index in [-0.39, 0.29) is 11.2 Å². The van der Waals surface area contributed by atoms with Gasteiger partial charge in [-0.15, -0.1) is 0 Å². The molecule has 0 unspecified atom stereocenters. The number of nitrogens with zero attached hydrogens (tertiary/aromatic N) is 2. The summed E-state index contributed by atoms with van der Waals surface area (Å²) in [5.74, 6) is 0.740. The second-order valence-electron chi connectivity index (χ2n) is 5.26. The molecule has 2 aromatic heterocycles. The molecule has 0 saturated heterocycles. The molecule has 0 aliphatic rings. The Bertz CT molecular complexity index is 867. The number of anilines is 1. The van der Waals surface area contributed by atoms with E-state index in [1.807, 2.05) is 30.3 Å². The normalized spacial score (nSPS) is 10.4. The van der Waals surface area contributed by atoms with Crippen LogP contribution in [0.5, 0.6) is 5.75 Å². The number of benzene rings is 1. The summed E-state index contributed by atoms with van der Waals surface area (Å²) in [6, 6.07) is 12.8. The average Bonchev–Trinajstić information content (AvgIpc) is 2.63. The van der Waals surface area contributed by atoms with E-state index in [1.165, 1.54) is 0 Å². The van der Waals surface area contributed by atoms with Gasteiger partial charge in [-0.3, -0.25) is 4.98 Å². The number of aromatic nitrogens is 2. The quantitative estimate of drug-likeness (QED) is 0.519. The minimum atomic E-state index is -0.332. The van der Waals surface area contributed by atoms with E-state index in [0.29, 0.717) is 25.3 Å². The van der Waals surface area contributed by atoms with Gasteiger partial charge >= 0.3 is 6.03 Å². The lowest BCUT2D eigenvalue weighted by Crippen LogP contribution is -2.30. The second-order valence-corrected chi connectivity index (χ2v) is 5.61. The Hall–Kier alpha value is -2.86. The molecule has 0 bridgehead atoms. The smallest absolute Gasteiger partial charge is 0.319 e. The zero-order valence-corrected chi connectivity index (χ0v) is 14.2. The highest BCUT2D eigenvalue weighted by Gasteiger charge is 2.06. The van der Waals surface area contributed by atoms with Gasteiger partial charge < -0.3 is 15.4 Å². The van der Waals surface area contributed by atoms with Crippen molar-refractivity contribution in [1.29, 1.82) is 0 Å². The van der Waals surface area contributed by atoms with Crippen molar-refractivity contribution in [3.63, 3.8) is 0 Å². The first-order valence-electron chi connectivity index (χ1n) is 7.86. The predicted octanol–water partition coefficient (Wildman–Crippen LogP) is 3.87. The molecule has 0 saturated carbocycles. The second kappa shape index (κ2) is 8.30. The minimum Gasteiger partial charge on any atom is -0.491 e. The van der Waals surface area contributed by atoms with E-state index >= 15 is 0 Å². The fraction of sp³-hybridized carbons (Fsp3) is 0.167. The fourth-order valence-corrected chi connectivity index (χ4v) is 2.46. The van der Waals surface area contributed by atoms with Crippen LogP contribution in [0.2, 0.25) is 5.15 Å². The number of halogens is 1. The highest BCUT2D eigenvalue weighted by atomic mass is 35.5. The Balaban J connectivity index is 1.43. The number of ether oxygens (including phenoxy) is 1. The summed E-state index contributed by atoms with van der Waals surface area (Å²) in [6.45, 7) is 0.950. The van der Waals surface area contributed by atoms with Gasteiger partial charge in [0.2, 0.25) is 0 Å². The van der Waals surface area contributed by atoms with E-state index < -0.39 is 0 Å². The maximum Gasteiger partial charge on any atom is 0.319 e. The zero-order chi connectivity index (χ0) is 17.5. The van der Waals surface area contributed by atoms with Crippen LogP contribution in [0.25, 0.3) is 10.9 Å². The minimum absolute atomic E-state index is 0.254. The van der Waals surface area contributed by atoms with Crippen LogP contribution in [-0.4, -0.2) is 29.2 Å². The van der Waals surface area contributed by atoms with Crippen molar-refractivity contribution >= 4 is 34.2 Å². The van der Waals surface area contributed by atoms with Crippen LogP contribution < -0.4 is 15.4 Å². The van der Waals surface area contributed by atoms with Gasteiger partial charge in [0.05, 0.1) is 12.3 Å². The molecule has 0 radical (unpaired) electrons. The molecule has 2 N–H and O–H groups in total. The summed E-state index contributed by atoms with van der Waals surface area (Å²) in [6.07, 6.45) is 3.97. The molecule has 0 fully saturated rings. The molecule has 3 aromatic rings. The average molecular weight is 357 g/mol. The molecule has 6 nitrogen and oxygen atoms in total. The molecule has 0 aliphatic carbocycles. The number of amides is 2. The van der Waals surface area contributed by atoms with E-state index in [9.17, 15) is 4.79 Å². The Morgan fingerprint density at radius 2 is 1.88 bits per heavy atom. The summed E-state index contributed by atoms with van der Waals surface area (Å²) in [5.41, 5.74) is 1.31. The third-order valence-electron chi connectivity index (χ3n) is 3.47. The molecule has 3 rings (SSSR count). The Morgan fingerprint density at radius 1 is 1.08 bits per heavy atom. The number of fused-ring (bicyclic) bond motifs is 1. The number of hydrogen-bond donors (Lipinski definition) is 2. The third kappa shape index (κ3) is 4.58. The first-order chi connectivity index (χ1) is 12.2. The maximum atomic E-state index is 11.8. The number of pyridine rings is 2. The number of hydrogen-bond acceptors (Lipinski definition) is 4. The van der Waals surface area contributed by atoms with Crippen molar-refractivity contribution in [3.8, 4) is 5.75 Å². The van der Waals surface area contributed by atoms with Gasteiger partial charge in [-0.25, -0.2) is 9.78 Å². The van der Waals surface area contributed by atoms with Gasteiger partial charge in [-0.1, -0.05) is 29.8 Å². The van der Waals surface area contributed by atoms with Crippen molar-refractivity contribution < 1.29 is 9.53 Å². The first-order valence-corrected chi connectivity index (χ1v) is 8.24. The number of carbonyl (C=O) groups excluding carboxylic acids is 1. The Labute approximate surface area is 150 Å². The van der Waals surface area contributed by atoms with E-state index in [4.69, 9.17) is 16.3 Å². The van der Waals surface area contributed by atoms with Crippen molar-refractivity contribution in [1.82, 2.24) is 15.3 Å². The zero-order valence-electron chi connectivity index (χ0n) is 13.4. The molecule has 2 heterocycles. The maximum absolute atomic E-state index is 11.8. The number of nitrogens with one attached hydrogen (secondary N) is 2. The Morgan fingerprint density at radius 3 is 2.76 bits per heavy atom. The number of urea groups is 1. The van der Waals surface area contributed by atoms with Gasteiger partial charge in [-0.2, -0.15) is 0 Å². The van der Waals surface area contributed by atoms with Crippen LogP contribution in [0, 0.1) is 0 Å². The molecule has 7 heteroatoms. The third-order valence-corrected chi connectivity index (χ3v) is 3.77. The number of rotatable bonds is 6. The fourth-order valence-electron chi connectivity index (χ4n) is 2.29. The van der Waals surface area contributed by atoms with Crippen molar-refractivity contribution in [3.05, 3.63) is 60.0 Å². The highest BCUT2D eigenvalue weighted by molar-refractivity contribution is 6.32. The number of carbonyl (C=O) groups is 1. The lowest BCUT2D eigenvalue weighted by atomic mass is 10.2. The molecule has 2 amide bonds. The Kier molecular flexibility index (Phi) is 5.64. The van der Waals surface area contributed by atoms with Crippen LogP contribution in [0.4, 0.5) is 10.5 Å². The van der Waals surface area contributed by atoms with E-state index in [1.54, 1.807) is 24.5 Å².